The van der Waals surface area contributed by atoms with Gasteiger partial charge in [-0.15, -0.1) is 0 Å². The average molecular weight is 245 g/mol. The molecule has 0 saturated carbocycles. The molecule has 2 nitrogen and oxygen atoms in total. The van der Waals surface area contributed by atoms with Crippen molar-refractivity contribution in [2.75, 3.05) is 0 Å². The molecule has 79 valence electrons. The Morgan fingerprint density at radius 3 is 1.40 bits per heavy atom. The van der Waals surface area contributed by atoms with E-state index in [4.69, 9.17) is 7.70 Å². The van der Waals surface area contributed by atoms with Crippen LogP contribution in [0.3, 0.4) is 0 Å². The minimum absolute atomic E-state index is 0.504. The summed E-state index contributed by atoms with van der Waals surface area (Å²) in [6.07, 6.45) is 0. The molecular weight excluding hydrogens is 235 g/mol. The molecule has 0 aliphatic rings. The van der Waals surface area contributed by atoms with Crippen molar-refractivity contribution in [2.24, 2.45) is 0 Å². The molecule has 0 unspecified atom stereocenters. The summed E-state index contributed by atoms with van der Waals surface area (Å²) in [7, 11) is 0. The summed E-state index contributed by atoms with van der Waals surface area (Å²) < 4.78 is 10.7. The van der Waals surface area contributed by atoms with Crippen LogP contribution in [-0.4, -0.2) is 0 Å². The van der Waals surface area contributed by atoms with Crippen LogP contribution in [0.15, 0.2) is 60.7 Å². The molecule has 0 aliphatic heterocycles. The first-order chi connectivity index (χ1) is 7.45. The van der Waals surface area contributed by atoms with Gasteiger partial charge in [0.05, 0.1) is 0 Å². The minimum atomic E-state index is 0.504. The van der Waals surface area contributed by atoms with Gasteiger partial charge in [-0.25, -0.2) is 0 Å². The molecule has 0 radical (unpaired) electrons. The van der Waals surface area contributed by atoms with Crippen molar-refractivity contribution >= 4 is 0 Å². The van der Waals surface area contributed by atoms with E-state index in [2.05, 4.69) is 0 Å². The predicted octanol–water partition coefficient (Wildman–Crippen LogP) is 3.06. The summed E-state index contributed by atoms with van der Waals surface area (Å²) >= 11 is 0.504. The summed E-state index contributed by atoms with van der Waals surface area (Å²) in [5.41, 5.74) is 0. The fourth-order valence-corrected chi connectivity index (χ4v) is 1.54. The number of rotatable bonds is 4. The van der Waals surface area contributed by atoms with Crippen molar-refractivity contribution < 1.29 is 23.0 Å². The summed E-state index contributed by atoms with van der Waals surface area (Å²) in [4.78, 5) is 0. The van der Waals surface area contributed by atoms with Crippen LogP contribution in [-0.2, 0) is 15.3 Å². The molecule has 0 N–H and O–H groups in total. The molecule has 0 heterocycles. The van der Waals surface area contributed by atoms with Gasteiger partial charge in [-0.1, -0.05) is 0 Å². The van der Waals surface area contributed by atoms with Crippen LogP contribution in [0, 0.1) is 0 Å². The molecule has 0 atom stereocenters. The summed E-state index contributed by atoms with van der Waals surface area (Å²) in [6, 6.07) is 19.1. The van der Waals surface area contributed by atoms with Gasteiger partial charge in [0.15, 0.2) is 0 Å². The zero-order valence-corrected chi connectivity index (χ0v) is 8.96. The van der Waals surface area contributed by atoms with Crippen molar-refractivity contribution in [1.29, 1.82) is 0 Å². The second-order valence-electron chi connectivity index (χ2n) is 2.82. The van der Waals surface area contributed by atoms with Gasteiger partial charge in [0.25, 0.3) is 0 Å². The van der Waals surface area contributed by atoms with E-state index < -0.39 is 0 Å². The number of hydrogen-bond acceptors (Lipinski definition) is 2. The fourth-order valence-electron chi connectivity index (χ4n) is 1.01. The van der Waals surface area contributed by atoms with Gasteiger partial charge in [-0.05, 0) is 0 Å². The van der Waals surface area contributed by atoms with Crippen molar-refractivity contribution in [2.45, 2.75) is 0 Å². The summed E-state index contributed by atoms with van der Waals surface area (Å²) in [6.45, 7) is 0. The molecule has 2 aromatic carbocycles. The zero-order chi connectivity index (χ0) is 10.3. The Morgan fingerprint density at radius 1 is 0.600 bits per heavy atom. The maximum atomic E-state index is 5.36. The standard InChI is InChI=1S/2C6H6O.Co/c2*7-6-4-2-1-3-5-6;/h2*1-5,7H;/q;;+2/p-2. The number of benzene rings is 2. The third-order valence-electron chi connectivity index (χ3n) is 1.70. The van der Waals surface area contributed by atoms with Gasteiger partial charge >= 0.3 is 95.2 Å². The predicted molar refractivity (Wildman–Crippen MR) is 54.1 cm³/mol. The van der Waals surface area contributed by atoms with Crippen molar-refractivity contribution in [3.05, 3.63) is 60.7 Å². The second kappa shape index (κ2) is 5.43. The average Bonchev–Trinajstić information content (AvgIpc) is 2.32. The van der Waals surface area contributed by atoms with Crippen LogP contribution >= 0.6 is 0 Å². The van der Waals surface area contributed by atoms with Crippen LogP contribution in [0.4, 0.5) is 0 Å². The van der Waals surface area contributed by atoms with Gasteiger partial charge in [-0.3, -0.25) is 0 Å². The van der Waals surface area contributed by atoms with Gasteiger partial charge < -0.3 is 0 Å². The Hall–Kier alpha value is -1.45. The molecule has 0 aliphatic carbocycles. The van der Waals surface area contributed by atoms with Crippen LogP contribution in [0.5, 0.6) is 11.5 Å². The molecule has 0 aromatic heterocycles. The van der Waals surface area contributed by atoms with Crippen molar-refractivity contribution in [1.82, 2.24) is 0 Å². The van der Waals surface area contributed by atoms with E-state index in [0.29, 0.717) is 15.3 Å². The van der Waals surface area contributed by atoms with Gasteiger partial charge in [-0.2, -0.15) is 0 Å². The molecule has 0 saturated heterocycles. The maximum absolute atomic E-state index is 5.36. The van der Waals surface area contributed by atoms with Crippen LogP contribution in [0.25, 0.3) is 0 Å². The third kappa shape index (κ3) is 3.31. The molecule has 3 heteroatoms. The van der Waals surface area contributed by atoms with E-state index in [1.807, 2.05) is 60.7 Å². The first-order valence-electron chi connectivity index (χ1n) is 4.50. The SMILES string of the molecule is c1ccc([O][Co][O]c2ccccc2)cc1. The Bertz CT molecular complexity index is 349. The fraction of sp³-hybridized carbons (Fsp3) is 0. The van der Waals surface area contributed by atoms with Crippen molar-refractivity contribution in [3.8, 4) is 11.5 Å². The molecule has 0 spiro atoms. The number of hydrogen-bond donors (Lipinski definition) is 0. The third-order valence-corrected chi connectivity index (χ3v) is 2.36. The monoisotopic (exact) mass is 245 g/mol. The van der Waals surface area contributed by atoms with Gasteiger partial charge in [0.1, 0.15) is 0 Å². The van der Waals surface area contributed by atoms with E-state index >= 15 is 0 Å². The van der Waals surface area contributed by atoms with E-state index in [9.17, 15) is 0 Å². The van der Waals surface area contributed by atoms with Crippen LogP contribution in [0.2, 0.25) is 0 Å². The van der Waals surface area contributed by atoms with Crippen molar-refractivity contribution in [3.63, 3.8) is 0 Å². The summed E-state index contributed by atoms with van der Waals surface area (Å²) in [5, 5.41) is 0. The van der Waals surface area contributed by atoms with E-state index in [1.165, 1.54) is 0 Å². The Labute approximate surface area is 95.5 Å². The quantitative estimate of drug-likeness (QED) is 0.824. The topological polar surface area (TPSA) is 18.5 Å². The first kappa shape index (κ1) is 10.1. The second-order valence-corrected chi connectivity index (χ2v) is 3.42. The molecular formula is C12H10CoO2. The van der Waals surface area contributed by atoms with Gasteiger partial charge in [0, 0.05) is 0 Å². The Kier molecular flexibility index (Phi) is 3.65. The normalized spacial score (nSPS) is 9.87. The molecule has 0 bridgehead atoms. The van der Waals surface area contributed by atoms with Crippen LogP contribution in [0.1, 0.15) is 0 Å². The number of para-hydroxylation sites is 2. The van der Waals surface area contributed by atoms with E-state index in [-0.39, 0.29) is 0 Å². The Balaban J connectivity index is 1.81. The summed E-state index contributed by atoms with van der Waals surface area (Å²) in [5.74, 6) is 1.60. The molecule has 2 aromatic rings. The zero-order valence-electron chi connectivity index (χ0n) is 7.92. The Morgan fingerprint density at radius 2 is 1.00 bits per heavy atom. The first-order valence-corrected chi connectivity index (χ1v) is 5.35. The van der Waals surface area contributed by atoms with Crippen LogP contribution < -0.4 is 7.70 Å². The molecule has 0 amide bonds. The van der Waals surface area contributed by atoms with E-state index in [1.54, 1.807) is 0 Å². The molecule has 15 heavy (non-hydrogen) atoms. The molecule has 2 rings (SSSR count). The van der Waals surface area contributed by atoms with E-state index in [0.717, 1.165) is 11.5 Å². The van der Waals surface area contributed by atoms with Gasteiger partial charge in [0.2, 0.25) is 0 Å². The molecule has 0 fully saturated rings.